The number of hydrogen-bond donors (Lipinski definition) is 0. The predicted molar refractivity (Wildman–Crippen MR) is 128 cm³/mol. The maximum atomic E-state index is 5.46. The van der Waals surface area contributed by atoms with Crippen LogP contribution in [0.2, 0.25) is 0 Å². The fourth-order valence-corrected chi connectivity index (χ4v) is 4.21. The van der Waals surface area contributed by atoms with Crippen LogP contribution in [-0.2, 0) is 17.7 Å². The van der Waals surface area contributed by atoms with Gasteiger partial charge in [-0.3, -0.25) is 4.90 Å². The number of methoxy groups -OCH3 is 2. The van der Waals surface area contributed by atoms with Crippen molar-refractivity contribution in [3.8, 4) is 16.9 Å². The topological polar surface area (TPSA) is 76.5 Å². The number of likely N-dealkylation sites (tertiary alicyclic amines) is 1. The molecule has 33 heavy (non-hydrogen) atoms. The lowest BCUT2D eigenvalue weighted by Gasteiger charge is -2.26. The van der Waals surface area contributed by atoms with E-state index in [9.17, 15) is 0 Å². The van der Waals surface area contributed by atoms with Crippen molar-refractivity contribution in [2.45, 2.75) is 31.8 Å². The van der Waals surface area contributed by atoms with Crippen molar-refractivity contribution < 1.29 is 9.47 Å². The quantitative estimate of drug-likeness (QED) is 0.492. The third-order valence-electron chi connectivity index (χ3n) is 5.94. The smallest absolute Gasteiger partial charge is 0.225 e. The van der Waals surface area contributed by atoms with Gasteiger partial charge in [0.2, 0.25) is 5.95 Å². The Balaban J connectivity index is 1.63. The summed E-state index contributed by atoms with van der Waals surface area (Å²) in [7, 11) is 7.32. The van der Waals surface area contributed by atoms with E-state index in [0.29, 0.717) is 12.6 Å². The van der Waals surface area contributed by atoms with Crippen LogP contribution in [0.1, 0.15) is 36.0 Å². The fraction of sp³-hybridized carbons (Fsp3) is 0.440. The van der Waals surface area contributed by atoms with Gasteiger partial charge in [-0.25, -0.2) is 19.9 Å². The molecule has 8 heteroatoms. The van der Waals surface area contributed by atoms with Crippen LogP contribution < -0.4 is 9.64 Å². The van der Waals surface area contributed by atoms with Crippen LogP contribution in [0.4, 0.5) is 5.95 Å². The van der Waals surface area contributed by atoms with Gasteiger partial charge in [0.05, 0.1) is 25.5 Å². The molecule has 1 aliphatic rings. The summed E-state index contributed by atoms with van der Waals surface area (Å²) in [5, 5.41) is 0. The van der Waals surface area contributed by atoms with E-state index in [-0.39, 0.29) is 6.04 Å². The lowest BCUT2D eigenvalue weighted by Crippen LogP contribution is -2.25. The fourth-order valence-electron chi connectivity index (χ4n) is 4.21. The molecule has 1 aromatic carbocycles. The van der Waals surface area contributed by atoms with Gasteiger partial charge < -0.3 is 14.4 Å². The summed E-state index contributed by atoms with van der Waals surface area (Å²) in [6.07, 6.45) is 8.70. The van der Waals surface area contributed by atoms with Crippen molar-refractivity contribution >= 4 is 5.95 Å². The molecule has 1 saturated heterocycles. The number of ether oxygens (including phenoxy) is 2. The molecule has 3 heterocycles. The lowest BCUT2D eigenvalue weighted by molar-refractivity contribution is 0.200. The Hall–Kier alpha value is -3.10. The number of rotatable bonds is 9. The first-order chi connectivity index (χ1) is 16.1. The first-order valence-corrected chi connectivity index (χ1v) is 11.3. The van der Waals surface area contributed by atoms with Gasteiger partial charge in [-0.05, 0) is 37.1 Å². The van der Waals surface area contributed by atoms with Gasteiger partial charge in [0.15, 0.2) is 0 Å². The normalized spacial score (nSPS) is 16.2. The first kappa shape index (κ1) is 23.1. The summed E-state index contributed by atoms with van der Waals surface area (Å²) in [6, 6.07) is 8.29. The number of benzene rings is 1. The molecule has 0 amide bonds. The Kier molecular flexibility index (Phi) is 7.47. The highest BCUT2D eigenvalue weighted by atomic mass is 16.5. The minimum Gasteiger partial charge on any atom is -0.497 e. The van der Waals surface area contributed by atoms with E-state index in [1.165, 1.54) is 0 Å². The Morgan fingerprint density at radius 1 is 1.09 bits per heavy atom. The number of nitrogens with zero attached hydrogens (tertiary/aromatic N) is 6. The van der Waals surface area contributed by atoms with Crippen LogP contribution >= 0.6 is 0 Å². The minimum absolute atomic E-state index is 0.195. The second kappa shape index (κ2) is 10.7. The summed E-state index contributed by atoms with van der Waals surface area (Å²) < 4.78 is 10.6. The SMILES string of the molecule is COCCc1ncc(CN2CCCC2c2nc(N(C)C)ncc2-c2cccc(OC)c2)cn1. The maximum absolute atomic E-state index is 5.46. The number of anilines is 1. The monoisotopic (exact) mass is 448 g/mol. The molecule has 2 aromatic heterocycles. The molecule has 1 atom stereocenters. The molecule has 4 rings (SSSR count). The van der Waals surface area contributed by atoms with Gasteiger partial charge in [0.25, 0.3) is 0 Å². The number of aromatic nitrogens is 4. The Labute approximate surface area is 195 Å². The van der Waals surface area contributed by atoms with Gasteiger partial charge in [-0.15, -0.1) is 0 Å². The molecule has 1 unspecified atom stereocenters. The highest BCUT2D eigenvalue weighted by Crippen LogP contribution is 2.38. The second-order valence-electron chi connectivity index (χ2n) is 8.47. The lowest BCUT2D eigenvalue weighted by atomic mass is 9.99. The molecule has 0 spiro atoms. The van der Waals surface area contributed by atoms with Crippen LogP contribution in [0.15, 0.2) is 42.9 Å². The van der Waals surface area contributed by atoms with Crippen molar-refractivity contribution in [2.24, 2.45) is 0 Å². The average molecular weight is 449 g/mol. The minimum atomic E-state index is 0.195. The van der Waals surface area contributed by atoms with Gasteiger partial charge in [0.1, 0.15) is 11.6 Å². The predicted octanol–water partition coefficient (Wildman–Crippen LogP) is 3.53. The molecule has 1 aliphatic heterocycles. The van der Waals surface area contributed by atoms with E-state index in [0.717, 1.165) is 66.3 Å². The third-order valence-corrected chi connectivity index (χ3v) is 5.94. The summed E-state index contributed by atoms with van der Waals surface area (Å²) in [5.74, 6) is 2.35. The van der Waals surface area contributed by atoms with E-state index in [1.807, 2.05) is 55.8 Å². The Morgan fingerprint density at radius 2 is 1.91 bits per heavy atom. The van der Waals surface area contributed by atoms with Crippen LogP contribution in [0.3, 0.4) is 0 Å². The van der Waals surface area contributed by atoms with Gasteiger partial charge in [-0.2, -0.15) is 0 Å². The van der Waals surface area contributed by atoms with Crippen LogP contribution in [0.25, 0.3) is 11.1 Å². The average Bonchev–Trinajstić information content (AvgIpc) is 3.31. The van der Waals surface area contributed by atoms with Crippen molar-refractivity contribution in [1.29, 1.82) is 0 Å². The maximum Gasteiger partial charge on any atom is 0.225 e. The van der Waals surface area contributed by atoms with E-state index in [4.69, 9.17) is 14.5 Å². The molecule has 3 aromatic rings. The van der Waals surface area contributed by atoms with Crippen molar-refractivity contribution in [3.63, 3.8) is 0 Å². The van der Waals surface area contributed by atoms with Crippen LogP contribution in [-0.4, -0.2) is 66.3 Å². The summed E-state index contributed by atoms with van der Waals surface area (Å²) in [6.45, 7) is 2.42. The molecule has 0 saturated carbocycles. The Bertz CT molecular complexity index is 1060. The van der Waals surface area contributed by atoms with Crippen molar-refractivity contribution in [1.82, 2.24) is 24.8 Å². The van der Waals surface area contributed by atoms with E-state index < -0.39 is 0 Å². The zero-order chi connectivity index (χ0) is 23.2. The van der Waals surface area contributed by atoms with Crippen LogP contribution in [0.5, 0.6) is 5.75 Å². The zero-order valence-electron chi connectivity index (χ0n) is 19.9. The first-order valence-electron chi connectivity index (χ1n) is 11.3. The largest absolute Gasteiger partial charge is 0.497 e. The molecule has 1 fully saturated rings. The van der Waals surface area contributed by atoms with Gasteiger partial charge in [-0.1, -0.05) is 12.1 Å². The summed E-state index contributed by atoms with van der Waals surface area (Å²) in [4.78, 5) is 23.1. The molecule has 0 radical (unpaired) electrons. The zero-order valence-corrected chi connectivity index (χ0v) is 19.9. The molecule has 174 valence electrons. The molecule has 0 aliphatic carbocycles. The van der Waals surface area contributed by atoms with Gasteiger partial charge in [0, 0.05) is 63.9 Å². The van der Waals surface area contributed by atoms with Gasteiger partial charge >= 0.3 is 0 Å². The number of hydrogen-bond acceptors (Lipinski definition) is 8. The molecule has 0 N–H and O–H groups in total. The summed E-state index contributed by atoms with van der Waals surface area (Å²) >= 11 is 0. The molecule has 8 nitrogen and oxygen atoms in total. The highest BCUT2D eigenvalue weighted by molar-refractivity contribution is 5.68. The molecular weight excluding hydrogens is 416 g/mol. The van der Waals surface area contributed by atoms with E-state index in [2.05, 4.69) is 25.9 Å². The second-order valence-corrected chi connectivity index (χ2v) is 8.47. The van der Waals surface area contributed by atoms with Crippen molar-refractivity contribution in [3.05, 3.63) is 59.9 Å². The third kappa shape index (κ3) is 5.46. The van der Waals surface area contributed by atoms with Crippen LogP contribution in [0, 0.1) is 0 Å². The van der Waals surface area contributed by atoms with Crippen molar-refractivity contribution in [2.75, 3.05) is 46.4 Å². The van der Waals surface area contributed by atoms with E-state index >= 15 is 0 Å². The highest BCUT2D eigenvalue weighted by Gasteiger charge is 2.30. The Morgan fingerprint density at radius 3 is 2.64 bits per heavy atom. The summed E-state index contributed by atoms with van der Waals surface area (Å²) in [5.41, 5.74) is 4.26. The standard InChI is InChI=1S/C25H32N6O2/c1-30(2)25-28-16-21(19-7-5-8-20(13-19)33-4)24(29-25)22-9-6-11-31(22)17-18-14-26-23(27-15-18)10-12-32-3/h5,7-8,13-16,22H,6,9-12,17H2,1-4H3. The molecular formula is C25H32N6O2. The molecule has 0 bridgehead atoms. The van der Waals surface area contributed by atoms with E-state index in [1.54, 1.807) is 14.2 Å².